The van der Waals surface area contributed by atoms with E-state index in [1.165, 1.54) is 5.01 Å². The Labute approximate surface area is 260 Å². The standard InChI is InChI=1S/C35H29ClN4O2S/c1-3-42-33-19-14-25(20-24(33)2)34-26(22-39(38-34)28-10-6-4-7-11-28)21-31-32(23-43-30-17-15-27(36)16-18-30)37-40(35(31)41)29-12-8-5-9-13-29/h4-22H,3,23H2,1-2H3/b31-21-. The number of hydrazone groups is 1. The first-order valence-corrected chi connectivity index (χ1v) is 15.3. The van der Waals surface area contributed by atoms with E-state index >= 15 is 0 Å². The van der Waals surface area contributed by atoms with Crippen molar-refractivity contribution in [3.05, 3.63) is 131 Å². The molecule has 1 aliphatic rings. The van der Waals surface area contributed by atoms with Crippen LogP contribution >= 0.6 is 23.4 Å². The number of aromatic nitrogens is 2. The number of hydrogen-bond acceptors (Lipinski definition) is 5. The Balaban J connectivity index is 1.44. The van der Waals surface area contributed by atoms with Crippen molar-refractivity contribution in [3.63, 3.8) is 0 Å². The number of thioether (sulfide) groups is 1. The molecule has 214 valence electrons. The van der Waals surface area contributed by atoms with Crippen LogP contribution in [-0.2, 0) is 4.79 Å². The number of ether oxygens (including phenoxy) is 1. The molecule has 0 radical (unpaired) electrons. The van der Waals surface area contributed by atoms with Gasteiger partial charge in [-0.15, -0.1) is 11.8 Å². The molecule has 0 fully saturated rings. The van der Waals surface area contributed by atoms with Gasteiger partial charge in [0.2, 0.25) is 0 Å². The molecule has 1 aromatic heterocycles. The lowest BCUT2D eigenvalue weighted by atomic mass is 10.0. The summed E-state index contributed by atoms with van der Waals surface area (Å²) in [5.41, 5.74) is 6.38. The van der Waals surface area contributed by atoms with Crippen molar-refractivity contribution in [1.29, 1.82) is 0 Å². The van der Waals surface area contributed by atoms with Crippen molar-refractivity contribution >= 4 is 46.7 Å². The topological polar surface area (TPSA) is 59.7 Å². The first-order chi connectivity index (χ1) is 21.0. The van der Waals surface area contributed by atoms with Crippen LogP contribution in [0.4, 0.5) is 5.69 Å². The fraction of sp³-hybridized carbons (Fsp3) is 0.114. The second kappa shape index (κ2) is 12.7. The summed E-state index contributed by atoms with van der Waals surface area (Å²) in [5, 5.41) is 12.0. The maximum absolute atomic E-state index is 13.9. The summed E-state index contributed by atoms with van der Waals surface area (Å²) in [4.78, 5) is 15.0. The van der Waals surface area contributed by atoms with E-state index < -0.39 is 0 Å². The number of carbonyl (C=O) groups excluding carboxylic acids is 1. The van der Waals surface area contributed by atoms with Gasteiger partial charge in [0.05, 0.1) is 35.0 Å². The number of benzene rings is 4. The van der Waals surface area contributed by atoms with Crippen LogP contribution in [0.5, 0.6) is 5.75 Å². The Bertz CT molecular complexity index is 1820. The van der Waals surface area contributed by atoms with Crippen LogP contribution in [0, 0.1) is 6.92 Å². The minimum absolute atomic E-state index is 0.181. The third-order valence-electron chi connectivity index (χ3n) is 6.96. The predicted octanol–water partition coefficient (Wildman–Crippen LogP) is 8.48. The van der Waals surface area contributed by atoms with Crippen LogP contribution in [0.15, 0.2) is 125 Å². The third-order valence-corrected chi connectivity index (χ3v) is 8.23. The second-order valence-electron chi connectivity index (χ2n) is 9.93. The van der Waals surface area contributed by atoms with Gasteiger partial charge in [-0.1, -0.05) is 48.0 Å². The molecular weight excluding hydrogens is 576 g/mol. The van der Waals surface area contributed by atoms with Gasteiger partial charge in [0, 0.05) is 33.0 Å². The summed E-state index contributed by atoms with van der Waals surface area (Å²) in [6.45, 7) is 4.59. The zero-order chi connectivity index (χ0) is 29.8. The summed E-state index contributed by atoms with van der Waals surface area (Å²) < 4.78 is 7.63. The molecule has 2 heterocycles. The minimum Gasteiger partial charge on any atom is -0.494 e. The highest BCUT2D eigenvalue weighted by atomic mass is 35.5. The zero-order valence-corrected chi connectivity index (χ0v) is 25.3. The number of rotatable bonds is 9. The maximum Gasteiger partial charge on any atom is 0.280 e. The first kappa shape index (κ1) is 28.5. The largest absolute Gasteiger partial charge is 0.494 e. The molecule has 0 spiro atoms. The van der Waals surface area contributed by atoms with Crippen LogP contribution in [0.1, 0.15) is 18.1 Å². The maximum atomic E-state index is 13.9. The SMILES string of the molecule is CCOc1ccc(-c2nn(-c3ccccc3)cc2/C=C2\C(=O)N(c3ccccc3)N=C2CSc2ccc(Cl)cc2)cc1C. The van der Waals surface area contributed by atoms with Crippen LogP contribution in [0.3, 0.4) is 0 Å². The summed E-state index contributed by atoms with van der Waals surface area (Å²) in [7, 11) is 0. The lowest BCUT2D eigenvalue weighted by molar-refractivity contribution is -0.114. The van der Waals surface area contributed by atoms with E-state index in [0.29, 0.717) is 34.4 Å². The smallest absolute Gasteiger partial charge is 0.280 e. The Morgan fingerprint density at radius 1 is 0.907 bits per heavy atom. The summed E-state index contributed by atoms with van der Waals surface area (Å²) in [6.07, 6.45) is 3.88. The van der Waals surface area contributed by atoms with Crippen LogP contribution < -0.4 is 9.75 Å². The summed E-state index contributed by atoms with van der Waals surface area (Å²) >= 11 is 7.70. The lowest BCUT2D eigenvalue weighted by Gasteiger charge is -2.11. The minimum atomic E-state index is -0.181. The molecule has 0 atom stereocenters. The van der Waals surface area contributed by atoms with Crippen molar-refractivity contribution in [2.45, 2.75) is 18.7 Å². The van der Waals surface area contributed by atoms with E-state index in [1.54, 1.807) is 11.8 Å². The van der Waals surface area contributed by atoms with Crippen molar-refractivity contribution in [3.8, 4) is 22.7 Å². The van der Waals surface area contributed by atoms with Gasteiger partial charge >= 0.3 is 0 Å². The number of carbonyl (C=O) groups is 1. The predicted molar refractivity (Wildman–Crippen MR) is 176 cm³/mol. The van der Waals surface area contributed by atoms with Crippen LogP contribution in [0.2, 0.25) is 5.02 Å². The quantitative estimate of drug-likeness (QED) is 0.125. The first-order valence-electron chi connectivity index (χ1n) is 14.0. The fourth-order valence-electron chi connectivity index (χ4n) is 4.84. The number of aryl methyl sites for hydroxylation is 1. The van der Waals surface area contributed by atoms with Gasteiger partial charge in [-0.25, -0.2) is 4.68 Å². The molecule has 0 saturated carbocycles. The van der Waals surface area contributed by atoms with E-state index in [9.17, 15) is 4.79 Å². The molecule has 0 N–H and O–H groups in total. The number of para-hydroxylation sites is 2. The average Bonchev–Trinajstić information content (AvgIpc) is 3.60. The molecule has 4 aromatic carbocycles. The molecule has 0 aliphatic carbocycles. The molecule has 8 heteroatoms. The van der Waals surface area contributed by atoms with Gasteiger partial charge in [0.1, 0.15) is 5.75 Å². The molecule has 0 saturated heterocycles. The van der Waals surface area contributed by atoms with Crippen molar-refractivity contribution in [2.75, 3.05) is 17.4 Å². The highest BCUT2D eigenvalue weighted by molar-refractivity contribution is 8.00. The van der Waals surface area contributed by atoms with E-state index in [0.717, 1.165) is 38.7 Å². The van der Waals surface area contributed by atoms with Gasteiger partial charge in [-0.2, -0.15) is 15.2 Å². The molecule has 1 aliphatic heterocycles. The zero-order valence-electron chi connectivity index (χ0n) is 23.8. The van der Waals surface area contributed by atoms with Crippen LogP contribution in [0.25, 0.3) is 23.0 Å². The van der Waals surface area contributed by atoms with E-state index in [1.807, 2.05) is 128 Å². The number of halogens is 1. The molecule has 6 nitrogen and oxygen atoms in total. The average molecular weight is 605 g/mol. The normalized spacial score (nSPS) is 13.9. The summed E-state index contributed by atoms with van der Waals surface area (Å²) in [6, 6.07) is 33.2. The molecule has 0 unspecified atom stereocenters. The molecule has 6 rings (SSSR count). The Morgan fingerprint density at radius 3 is 2.28 bits per heavy atom. The summed E-state index contributed by atoms with van der Waals surface area (Å²) in [5.74, 6) is 1.17. The molecule has 43 heavy (non-hydrogen) atoms. The molecule has 1 amide bonds. The monoisotopic (exact) mass is 604 g/mol. The molecular formula is C35H29ClN4O2S. The van der Waals surface area contributed by atoms with Crippen molar-refractivity contribution < 1.29 is 9.53 Å². The molecule has 5 aromatic rings. The highest BCUT2D eigenvalue weighted by Crippen LogP contribution is 2.33. The second-order valence-corrected chi connectivity index (χ2v) is 11.4. The van der Waals surface area contributed by atoms with Gasteiger partial charge in [-0.05, 0) is 92.2 Å². The lowest BCUT2D eigenvalue weighted by Crippen LogP contribution is -2.21. The van der Waals surface area contributed by atoms with Gasteiger partial charge < -0.3 is 4.74 Å². The number of hydrogen-bond donors (Lipinski definition) is 0. The van der Waals surface area contributed by atoms with Gasteiger partial charge in [0.25, 0.3) is 5.91 Å². The number of amides is 1. The highest BCUT2D eigenvalue weighted by Gasteiger charge is 2.31. The van der Waals surface area contributed by atoms with Gasteiger partial charge in [0.15, 0.2) is 0 Å². The Kier molecular flexibility index (Phi) is 8.45. The Hall–Kier alpha value is -4.59. The third kappa shape index (κ3) is 6.28. The van der Waals surface area contributed by atoms with Crippen LogP contribution in [-0.4, -0.2) is 33.8 Å². The van der Waals surface area contributed by atoms with E-state index in [4.69, 9.17) is 26.5 Å². The van der Waals surface area contributed by atoms with E-state index in [2.05, 4.69) is 6.07 Å². The van der Waals surface area contributed by atoms with Gasteiger partial charge in [-0.3, -0.25) is 4.79 Å². The fourth-order valence-corrected chi connectivity index (χ4v) is 5.81. The molecule has 0 bridgehead atoms. The van der Waals surface area contributed by atoms with Crippen molar-refractivity contribution in [1.82, 2.24) is 9.78 Å². The number of nitrogens with zero attached hydrogens (tertiary/aromatic N) is 4. The Morgan fingerprint density at radius 2 is 1.60 bits per heavy atom. The van der Waals surface area contributed by atoms with E-state index in [-0.39, 0.29) is 5.91 Å². The number of anilines is 1. The van der Waals surface area contributed by atoms with Crippen molar-refractivity contribution in [2.24, 2.45) is 5.10 Å².